The molecule has 7 nitrogen and oxygen atoms in total. The summed E-state index contributed by atoms with van der Waals surface area (Å²) in [6.07, 6.45) is 1.20. The summed E-state index contributed by atoms with van der Waals surface area (Å²) in [6, 6.07) is 8.57. The maximum atomic E-state index is 12.3. The lowest BCUT2D eigenvalue weighted by Gasteiger charge is -2.05. The highest BCUT2D eigenvalue weighted by molar-refractivity contribution is 7.13. The van der Waals surface area contributed by atoms with E-state index in [1.54, 1.807) is 11.4 Å². The van der Waals surface area contributed by atoms with Crippen molar-refractivity contribution < 1.29 is 14.3 Å². The lowest BCUT2D eigenvalue weighted by molar-refractivity contribution is -0.115. The molecule has 0 aliphatic rings. The van der Waals surface area contributed by atoms with E-state index in [4.69, 9.17) is 11.6 Å². The Morgan fingerprint density at radius 2 is 2.11 bits per heavy atom. The molecule has 0 unspecified atom stereocenters. The monoisotopic (exact) mass is 403 g/mol. The van der Waals surface area contributed by atoms with Gasteiger partial charge in [-0.1, -0.05) is 29.8 Å². The van der Waals surface area contributed by atoms with Crippen molar-refractivity contribution >= 4 is 40.5 Å². The molecule has 138 valence electrons. The molecule has 0 bridgehead atoms. The van der Waals surface area contributed by atoms with Crippen molar-refractivity contribution in [2.75, 3.05) is 12.4 Å². The summed E-state index contributed by atoms with van der Waals surface area (Å²) in [5, 5.41) is 5.52. The van der Waals surface area contributed by atoms with Gasteiger partial charge in [0.15, 0.2) is 0 Å². The normalized spacial score (nSPS) is 10.4. The number of nitrogens with zero attached hydrogens (tertiary/aromatic N) is 1. The van der Waals surface area contributed by atoms with Crippen molar-refractivity contribution in [1.82, 2.24) is 9.97 Å². The lowest BCUT2D eigenvalue weighted by Crippen LogP contribution is -2.22. The van der Waals surface area contributed by atoms with Crippen molar-refractivity contribution in [2.24, 2.45) is 0 Å². The Bertz CT molecular complexity index is 1060. The van der Waals surface area contributed by atoms with Crippen LogP contribution < -0.4 is 10.9 Å². The molecule has 2 N–H and O–H groups in total. The van der Waals surface area contributed by atoms with E-state index in [0.29, 0.717) is 15.7 Å². The van der Waals surface area contributed by atoms with Gasteiger partial charge in [-0.3, -0.25) is 9.59 Å². The van der Waals surface area contributed by atoms with Crippen LogP contribution in [0.1, 0.15) is 16.1 Å². The van der Waals surface area contributed by atoms with Gasteiger partial charge in [-0.25, -0.2) is 9.78 Å². The van der Waals surface area contributed by atoms with E-state index >= 15 is 0 Å². The molecule has 0 saturated heterocycles. The number of hydrogen-bond acceptors (Lipinski definition) is 6. The van der Waals surface area contributed by atoms with E-state index < -0.39 is 17.4 Å². The second-order valence-corrected chi connectivity index (χ2v) is 6.74. The van der Waals surface area contributed by atoms with Crippen LogP contribution in [0.25, 0.3) is 10.6 Å². The van der Waals surface area contributed by atoms with Gasteiger partial charge in [-0.05, 0) is 12.1 Å². The molecule has 3 rings (SSSR count). The first kappa shape index (κ1) is 18.8. The third-order valence-corrected chi connectivity index (χ3v) is 4.85. The highest BCUT2D eigenvalue weighted by Gasteiger charge is 2.14. The van der Waals surface area contributed by atoms with Gasteiger partial charge in [-0.15, -0.1) is 11.3 Å². The molecule has 2 aromatic heterocycles. The van der Waals surface area contributed by atoms with Gasteiger partial charge >= 0.3 is 5.97 Å². The van der Waals surface area contributed by atoms with E-state index in [9.17, 15) is 14.4 Å². The Balaban J connectivity index is 1.73. The quantitative estimate of drug-likeness (QED) is 0.637. The van der Waals surface area contributed by atoms with Gasteiger partial charge in [0.05, 0.1) is 29.8 Å². The first-order valence-corrected chi connectivity index (χ1v) is 9.04. The Labute approximate surface area is 163 Å². The third kappa shape index (κ3) is 4.42. The van der Waals surface area contributed by atoms with E-state index in [0.717, 1.165) is 5.56 Å². The molecule has 0 spiro atoms. The summed E-state index contributed by atoms with van der Waals surface area (Å²) in [7, 11) is 1.23. The van der Waals surface area contributed by atoms with E-state index in [1.165, 1.54) is 30.7 Å². The van der Waals surface area contributed by atoms with Crippen molar-refractivity contribution in [3.63, 3.8) is 0 Å². The average molecular weight is 404 g/mol. The topological polar surface area (TPSA) is 101 Å². The number of rotatable bonds is 5. The number of hydrogen-bond donors (Lipinski definition) is 2. The zero-order valence-electron chi connectivity index (χ0n) is 14.1. The number of amides is 1. The molecule has 0 atom stereocenters. The van der Waals surface area contributed by atoms with Crippen LogP contribution in [0.3, 0.4) is 0 Å². The largest absolute Gasteiger partial charge is 0.465 e. The highest BCUT2D eigenvalue weighted by Crippen LogP contribution is 2.30. The fraction of sp³-hybridized carbons (Fsp3) is 0.111. The number of benzene rings is 1. The van der Waals surface area contributed by atoms with E-state index in [1.807, 2.05) is 18.2 Å². The van der Waals surface area contributed by atoms with Gasteiger partial charge in [-0.2, -0.15) is 0 Å². The molecule has 2 heterocycles. The van der Waals surface area contributed by atoms with Crippen LogP contribution in [-0.2, 0) is 16.0 Å². The van der Waals surface area contributed by atoms with Gasteiger partial charge in [0, 0.05) is 17.1 Å². The highest BCUT2D eigenvalue weighted by atomic mass is 35.5. The van der Waals surface area contributed by atoms with Crippen LogP contribution >= 0.6 is 22.9 Å². The van der Waals surface area contributed by atoms with E-state index in [2.05, 4.69) is 20.0 Å². The summed E-state index contributed by atoms with van der Waals surface area (Å²) in [5.74, 6) is -1.05. The van der Waals surface area contributed by atoms with Gasteiger partial charge in [0.1, 0.15) is 10.7 Å². The SMILES string of the molecule is COC(=O)c1c[nH]c(=O)c(NC(=O)Cc2csc(-c3ccccc3Cl)n2)c1. The molecule has 3 aromatic rings. The predicted octanol–water partition coefficient (Wildman–Crippen LogP) is 3.12. The number of pyridine rings is 1. The smallest absolute Gasteiger partial charge is 0.339 e. The number of thiazole rings is 1. The number of halogens is 1. The van der Waals surface area contributed by atoms with Gasteiger partial charge < -0.3 is 15.0 Å². The molecular formula is C18H14ClN3O4S. The van der Waals surface area contributed by atoms with Crippen LogP contribution in [0.15, 0.2) is 46.7 Å². The zero-order valence-corrected chi connectivity index (χ0v) is 15.7. The number of methoxy groups -OCH3 is 1. The number of H-pyrrole nitrogens is 1. The number of ether oxygens (including phenoxy) is 1. The molecule has 27 heavy (non-hydrogen) atoms. The molecule has 0 saturated carbocycles. The van der Waals surface area contributed by atoms with Crippen molar-refractivity contribution in [2.45, 2.75) is 6.42 Å². The number of aromatic amines is 1. The first-order valence-electron chi connectivity index (χ1n) is 7.78. The second-order valence-electron chi connectivity index (χ2n) is 5.47. The third-order valence-electron chi connectivity index (χ3n) is 3.60. The van der Waals surface area contributed by atoms with Crippen LogP contribution in [0, 0.1) is 0 Å². The maximum absolute atomic E-state index is 12.3. The summed E-state index contributed by atoms with van der Waals surface area (Å²) in [5.41, 5.74) is 0.906. The van der Waals surface area contributed by atoms with Gasteiger partial charge in [0.25, 0.3) is 5.56 Å². The molecule has 0 radical (unpaired) electrons. The van der Waals surface area contributed by atoms with Crippen molar-refractivity contribution in [1.29, 1.82) is 0 Å². The van der Waals surface area contributed by atoms with Crippen LogP contribution in [-0.4, -0.2) is 29.0 Å². The number of esters is 1. The Morgan fingerprint density at radius 3 is 2.85 bits per heavy atom. The molecular weight excluding hydrogens is 390 g/mol. The second kappa shape index (κ2) is 8.15. The summed E-state index contributed by atoms with van der Waals surface area (Å²) in [4.78, 5) is 42.4. The van der Waals surface area contributed by atoms with Crippen molar-refractivity contribution in [3.05, 3.63) is 68.5 Å². The Morgan fingerprint density at radius 1 is 1.33 bits per heavy atom. The first-order chi connectivity index (χ1) is 13.0. The molecule has 0 fully saturated rings. The fourth-order valence-electron chi connectivity index (χ4n) is 2.32. The summed E-state index contributed by atoms with van der Waals surface area (Å²) < 4.78 is 4.59. The number of nitrogens with one attached hydrogen (secondary N) is 2. The Hall–Kier alpha value is -2.97. The lowest BCUT2D eigenvalue weighted by atomic mass is 10.2. The summed E-state index contributed by atoms with van der Waals surface area (Å²) >= 11 is 7.54. The minimum Gasteiger partial charge on any atom is -0.465 e. The van der Waals surface area contributed by atoms with Crippen LogP contribution in [0.4, 0.5) is 5.69 Å². The minimum atomic E-state index is -0.620. The zero-order chi connectivity index (χ0) is 19.4. The molecule has 9 heteroatoms. The van der Waals surface area contributed by atoms with E-state index in [-0.39, 0.29) is 17.7 Å². The molecule has 0 aliphatic heterocycles. The predicted molar refractivity (Wildman–Crippen MR) is 103 cm³/mol. The number of aromatic nitrogens is 2. The maximum Gasteiger partial charge on any atom is 0.339 e. The minimum absolute atomic E-state index is 0.0250. The molecule has 1 aromatic carbocycles. The average Bonchev–Trinajstić information content (AvgIpc) is 3.11. The number of carbonyl (C=O) groups is 2. The van der Waals surface area contributed by atoms with Crippen LogP contribution in [0.5, 0.6) is 0 Å². The summed E-state index contributed by atoms with van der Waals surface area (Å²) in [6.45, 7) is 0. The fourth-order valence-corrected chi connectivity index (χ4v) is 3.46. The molecule has 0 aliphatic carbocycles. The number of carbonyl (C=O) groups excluding carboxylic acids is 2. The Kier molecular flexibility index (Phi) is 5.68. The number of anilines is 1. The van der Waals surface area contributed by atoms with Crippen LogP contribution in [0.2, 0.25) is 5.02 Å². The van der Waals surface area contributed by atoms with Gasteiger partial charge in [0.2, 0.25) is 5.91 Å². The molecule has 1 amide bonds. The van der Waals surface area contributed by atoms with Crippen molar-refractivity contribution in [3.8, 4) is 10.6 Å². The standard InChI is InChI=1S/C18H14ClN3O4S/c1-26-18(25)10-6-14(16(24)20-8-10)22-15(23)7-11-9-27-17(21-11)12-4-2-3-5-13(12)19/h2-6,8-9H,7H2,1H3,(H,20,24)(H,22,23).